The molecule has 2 aromatic rings. The molecular weight excluding hydrogens is 287 g/mol. The van der Waals surface area contributed by atoms with Crippen molar-refractivity contribution in [3.8, 4) is 0 Å². The molecule has 2 aromatic carbocycles. The summed E-state index contributed by atoms with van der Waals surface area (Å²) in [5.74, 6) is -0.536. The van der Waals surface area contributed by atoms with Gasteiger partial charge in [-0.2, -0.15) is 0 Å². The fourth-order valence-corrected chi connectivity index (χ4v) is 2.05. The zero-order valence-electron chi connectivity index (χ0n) is 11.3. The fraction of sp³-hybridized carbons (Fsp3) is 0.125. The molecule has 1 amide bonds. The number of hydrogen-bond acceptors (Lipinski definition) is 2. The van der Waals surface area contributed by atoms with E-state index in [4.69, 9.17) is 12.2 Å². The van der Waals surface area contributed by atoms with Crippen molar-refractivity contribution in [2.45, 2.75) is 12.8 Å². The Morgan fingerprint density at radius 3 is 2.57 bits per heavy atom. The van der Waals surface area contributed by atoms with Gasteiger partial charge in [0, 0.05) is 12.1 Å². The molecule has 0 aliphatic rings. The van der Waals surface area contributed by atoms with Gasteiger partial charge < -0.3 is 10.6 Å². The number of carbonyl (C=O) groups excluding carboxylic acids is 1. The second kappa shape index (κ2) is 7.50. The SMILES string of the molecule is O=C(CCc1ccccc1)NC(=S)Nc1cccc(F)c1. The number of nitrogens with one attached hydrogen (secondary N) is 2. The standard InChI is InChI=1S/C16H15FN2OS/c17-13-7-4-8-14(11-13)18-16(21)19-15(20)10-9-12-5-2-1-3-6-12/h1-8,11H,9-10H2,(H2,18,19,20,21). The molecule has 0 saturated carbocycles. The summed E-state index contributed by atoms with van der Waals surface area (Å²) < 4.78 is 13.0. The summed E-state index contributed by atoms with van der Waals surface area (Å²) in [7, 11) is 0. The Morgan fingerprint density at radius 2 is 1.86 bits per heavy atom. The minimum atomic E-state index is -0.363. The van der Waals surface area contributed by atoms with E-state index in [0.717, 1.165) is 5.56 Å². The minimum Gasteiger partial charge on any atom is -0.332 e. The number of carbonyl (C=O) groups is 1. The van der Waals surface area contributed by atoms with Gasteiger partial charge in [0.15, 0.2) is 5.11 Å². The number of amides is 1. The quantitative estimate of drug-likeness (QED) is 0.852. The predicted octanol–water partition coefficient (Wildman–Crippen LogP) is 3.27. The van der Waals surface area contributed by atoms with E-state index in [9.17, 15) is 9.18 Å². The van der Waals surface area contributed by atoms with Crippen molar-refractivity contribution in [2.24, 2.45) is 0 Å². The molecule has 3 nitrogen and oxygen atoms in total. The van der Waals surface area contributed by atoms with Gasteiger partial charge in [-0.15, -0.1) is 0 Å². The molecule has 0 aliphatic carbocycles. The topological polar surface area (TPSA) is 41.1 Å². The Kier molecular flexibility index (Phi) is 5.40. The summed E-state index contributed by atoms with van der Waals surface area (Å²) in [6.45, 7) is 0. The molecule has 0 aliphatic heterocycles. The van der Waals surface area contributed by atoms with Crippen molar-refractivity contribution >= 4 is 28.9 Å². The Hall–Kier alpha value is -2.27. The summed E-state index contributed by atoms with van der Waals surface area (Å²) in [5, 5.41) is 5.51. The van der Waals surface area contributed by atoms with Crippen LogP contribution in [0.4, 0.5) is 10.1 Å². The van der Waals surface area contributed by atoms with Crippen molar-refractivity contribution < 1.29 is 9.18 Å². The maximum Gasteiger partial charge on any atom is 0.226 e. The highest BCUT2D eigenvalue weighted by molar-refractivity contribution is 7.80. The first kappa shape index (κ1) is 15.1. The smallest absolute Gasteiger partial charge is 0.226 e. The maximum absolute atomic E-state index is 13.0. The van der Waals surface area contributed by atoms with Gasteiger partial charge in [0.1, 0.15) is 5.82 Å². The summed E-state index contributed by atoms with van der Waals surface area (Å²) in [6, 6.07) is 15.6. The van der Waals surface area contributed by atoms with Crippen LogP contribution in [0.1, 0.15) is 12.0 Å². The first-order chi connectivity index (χ1) is 10.1. The zero-order valence-corrected chi connectivity index (χ0v) is 12.1. The average molecular weight is 302 g/mol. The molecule has 108 valence electrons. The summed E-state index contributed by atoms with van der Waals surface area (Å²) >= 11 is 5.02. The van der Waals surface area contributed by atoms with Gasteiger partial charge in [-0.25, -0.2) is 4.39 Å². The number of anilines is 1. The Balaban J connectivity index is 1.78. The third-order valence-corrected chi connectivity index (χ3v) is 3.02. The molecule has 0 aromatic heterocycles. The summed E-state index contributed by atoms with van der Waals surface area (Å²) in [4.78, 5) is 11.8. The zero-order chi connectivity index (χ0) is 15.1. The van der Waals surface area contributed by atoms with Crippen LogP contribution in [-0.2, 0) is 11.2 Å². The molecule has 2 N–H and O–H groups in total. The lowest BCUT2D eigenvalue weighted by Crippen LogP contribution is -2.34. The van der Waals surface area contributed by atoms with Crippen LogP contribution in [0.15, 0.2) is 54.6 Å². The molecule has 0 unspecified atom stereocenters. The largest absolute Gasteiger partial charge is 0.332 e. The Bertz CT molecular complexity index is 631. The highest BCUT2D eigenvalue weighted by Gasteiger charge is 2.05. The summed E-state index contributed by atoms with van der Waals surface area (Å²) in [5.41, 5.74) is 1.60. The lowest BCUT2D eigenvalue weighted by atomic mass is 10.1. The van der Waals surface area contributed by atoms with Crippen LogP contribution >= 0.6 is 12.2 Å². The van der Waals surface area contributed by atoms with E-state index in [1.54, 1.807) is 12.1 Å². The molecular formula is C16H15FN2OS. The third-order valence-electron chi connectivity index (χ3n) is 2.82. The molecule has 0 radical (unpaired) electrons. The van der Waals surface area contributed by atoms with Crippen molar-refractivity contribution in [2.75, 3.05) is 5.32 Å². The lowest BCUT2D eigenvalue weighted by molar-refractivity contribution is -0.119. The van der Waals surface area contributed by atoms with E-state index in [1.807, 2.05) is 30.3 Å². The normalized spacial score (nSPS) is 9.95. The number of hydrogen-bond donors (Lipinski definition) is 2. The van der Waals surface area contributed by atoms with Gasteiger partial charge in [0.25, 0.3) is 0 Å². The van der Waals surface area contributed by atoms with Crippen molar-refractivity contribution in [3.63, 3.8) is 0 Å². The molecule has 21 heavy (non-hydrogen) atoms. The molecule has 5 heteroatoms. The minimum absolute atomic E-state index is 0.165. The van der Waals surface area contributed by atoms with Crippen LogP contribution in [0.2, 0.25) is 0 Å². The molecule has 0 spiro atoms. The highest BCUT2D eigenvalue weighted by Crippen LogP contribution is 2.08. The number of thiocarbonyl (C=S) groups is 1. The van der Waals surface area contributed by atoms with Gasteiger partial charge in [-0.05, 0) is 42.4 Å². The molecule has 0 bridgehead atoms. The van der Waals surface area contributed by atoms with E-state index >= 15 is 0 Å². The molecule has 0 saturated heterocycles. The Labute approximate surface area is 128 Å². The van der Waals surface area contributed by atoms with Crippen LogP contribution in [0, 0.1) is 5.82 Å². The van der Waals surface area contributed by atoms with Crippen molar-refractivity contribution in [1.29, 1.82) is 0 Å². The van der Waals surface area contributed by atoms with E-state index in [0.29, 0.717) is 18.5 Å². The first-order valence-electron chi connectivity index (χ1n) is 6.54. The molecule has 0 atom stereocenters. The third kappa shape index (κ3) is 5.31. The van der Waals surface area contributed by atoms with Gasteiger partial charge in [-0.1, -0.05) is 36.4 Å². The highest BCUT2D eigenvalue weighted by atomic mass is 32.1. The van der Waals surface area contributed by atoms with Gasteiger partial charge in [0.2, 0.25) is 5.91 Å². The van der Waals surface area contributed by atoms with Gasteiger partial charge >= 0.3 is 0 Å². The Morgan fingerprint density at radius 1 is 1.10 bits per heavy atom. The second-order valence-electron chi connectivity index (χ2n) is 4.50. The second-order valence-corrected chi connectivity index (χ2v) is 4.91. The van der Waals surface area contributed by atoms with E-state index in [1.165, 1.54) is 12.1 Å². The van der Waals surface area contributed by atoms with Crippen LogP contribution in [0.3, 0.4) is 0 Å². The van der Waals surface area contributed by atoms with Crippen molar-refractivity contribution in [3.05, 3.63) is 66.0 Å². The fourth-order valence-electron chi connectivity index (χ4n) is 1.82. The van der Waals surface area contributed by atoms with Gasteiger partial charge in [0.05, 0.1) is 0 Å². The monoisotopic (exact) mass is 302 g/mol. The lowest BCUT2D eigenvalue weighted by Gasteiger charge is -2.09. The molecule has 0 fully saturated rings. The number of rotatable bonds is 4. The van der Waals surface area contributed by atoms with E-state index in [-0.39, 0.29) is 16.8 Å². The van der Waals surface area contributed by atoms with Crippen LogP contribution in [0.25, 0.3) is 0 Å². The number of halogens is 1. The van der Waals surface area contributed by atoms with Crippen LogP contribution in [-0.4, -0.2) is 11.0 Å². The van der Waals surface area contributed by atoms with E-state index in [2.05, 4.69) is 10.6 Å². The molecule has 2 rings (SSSR count). The van der Waals surface area contributed by atoms with Crippen LogP contribution in [0.5, 0.6) is 0 Å². The summed E-state index contributed by atoms with van der Waals surface area (Å²) in [6.07, 6.45) is 0.990. The van der Waals surface area contributed by atoms with Crippen LogP contribution < -0.4 is 10.6 Å². The maximum atomic E-state index is 13.0. The number of benzene rings is 2. The molecule has 0 heterocycles. The predicted molar refractivity (Wildman–Crippen MR) is 85.5 cm³/mol. The number of aryl methyl sites for hydroxylation is 1. The van der Waals surface area contributed by atoms with Crippen molar-refractivity contribution in [1.82, 2.24) is 5.32 Å². The van der Waals surface area contributed by atoms with E-state index < -0.39 is 0 Å². The van der Waals surface area contributed by atoms with Gasteiger partial charge in [-0.3, -0.25) is 4.79 Å². The first-order valence-corrected chi connectivity index (χ1v) is 6.94. The average Bonchev–Trinajstić information content (AvgIpc) is 2.46.